The predicted molar refractivity (Wildman–Crippen MR) is 154 cm³/mol. The molecule has 4 unspecified atom stereocenters. The van der Waals surface area contributed by atoms with Gasteiger partial charge in [-0.25, -0.2) is 9.59 Å². The Morgan fingerprint density at radius 1 is 0.833 bits per heavy atom. The predicted octanol–water partition coefficient (Wildman–Crippen LogP) is 5.85. The number of hydrogen-bond acceptors (Lipinski definition) is 10. The van der Waals surface area contributed by atoms with Crippen LogP contribution in [0.1, 0.15) is 64.9 Å². The number of rotatable bonds is 7. The van der Waals surface area contributed by atoms with Crippen LogP contribution in [-0.2, 0) is 14.3 Å². The Labute approximate surface area is 245 Å². The molecule has 2 aromatic rings. The number of fused-ring (bicyclic) bond motifs is 4. The topological polar surface area (TPSA) is 119 Å². The molecule has 1 aliphatic carbocycles. The summed E-state index contributed by atoms with van der Waals surface area (Å²) in [5.74, 6) is -0.627. The van der Waals surface area contributed by atoms with Crippen LogP contribution < -0.4 is 28.4 Å². The molecule has 0 saturated heterocycles. The number of aliphatic hydroxyl groups is 1. The molecule has 0 spiro atoms. The summed E-state index contributed by atoms with van der Waals surface area (Å²) in [4.78, 5) is 26.5. The van der Waals surface area contributed by atoms with E-state index in [-0.39, 0.29) is 29.8 Å². The van der Waals surface area contributed by atoms with Crippen molar-refractivity contribution in [1.29, 1.82) is 0 Å². The summed E-state index contributed by atoms with van der Waals surface area (Å²) >= 11 is 0. The van der Waals surface area contributed by atoms with E-state index in [1.54, 1.807) is 52.0 Å². The lowest BCUT2D eigenvalue weighted by Crippen LogP contribution is -2.29. The van der Waals surface area contributed by atoms with E-state index in [1.807, 2.05) is 13.8 Å². The number of allylic oxidation sites excluding steroid dienone is 2. The monoisotopic (exact) mass is 582 g/mol. The summed E-state index contributed by atoms with van der Waals surface area (Å²) < 4.78 is 41.0. The molecule has 4 rings (SSSR count). The van der Waals surface area contributed by atoms with Crippen molar-refractivity contribution in [2.24, 2.45) is 11.8 Å². The average molecular weight is 583 g/mol. The molecule has 0 bridgehead atoms. The highest BCUT2D eigenvalue weighted by atomic mass is 16.7. The zero-order valence-corrected chi connectivity index (χ0v) is 25.4. The van der Waals surface area contributed by atoms with Crippen LogP contribution in [0.15, 0.2) is 35.4 Å². The molecule has 0 saturated carbocycles. The van der Waals surface area contributed by atoms with Crippen LogP contribution in [0.2, 0.25) is 0 Å². The first-order chi connectivity index (χ1) is 20.0. The number of ether oxygens (including phenoxy) is 7. The van der Waals surface area contributed by atoms with Crippen molar-refractivity contribution in [3.05, 3.63) is 46.6 Å². The Kier molecular flexibility index (Phi) is 9.06. The molecule has 0 fully saturated rings. The van der Waals surface area contributed by atoms with Gasteiger partial charge < -0.3 is 38.3 Å². The third-order valence-corrected chi connectivity index (χ3v) is 8.13. The summed E-state index contributed by atoms with van der Waals surface area (Å²) in [6.07, 6.45) is 1.32. The molecule has 1 heterocycles. The fourth-order valence-electron chi connectivity index (χ4n) is 5.19. The molecule has 0 aromatic heterocycles. The Hall–Kier alpha value is -4.18. The number of aliphatic hydroxyl groups excluding tert-OH is 1. The Morgan fingerprint density at radius 3 is 2.05 bits per heavy atom. The molecule has 0 radical (unpaired) electrons. The first-order valence-corrected chi connectivity index (χ1v) is 13.7. The highest BCUT2D eigenvalue weighted by Crippen LogP contribution is 2.60. The lowest BCUT2D eigenvalue weighted by molar-refractivity contribution is -0.149. The summed E-state index contributed by atoms with van der Waals surface area (Å²) in [6, 6.07) is 3.40. The second-order valence-corrected chi connectivity index (χ2v) is 10.3. The van der Waals surface area contributed by atoms with Crippen molar-refractivity contribution in [3.8, 4) is 45.6 Å². The van der Waals surface area contributed by atoms with Gasteiger partial charge >= 0.3 is 11.9 Å². The summed E-state index contributed by atoms with van der Waals surface area (Å²) in [6.45, 7) is 10.5. The molecule has 0 amide bonds. The van der Waals surface area contributed by atoms with Gasteiger partial charge in [0.05, 0.1) is 27.4 Å². The van der Waals surface area contributed by atoms with Gasteiger partial charge in [0, 0.05) is 33.8 Å². The van der Waals surface area contributed by atoms with Crippen molar-refractivity contribution < 1.29 is 47.9 Å². The van der Waals surface area contributed by atoms with Crippen LogP contribution in [0.3, 0.4) is 0 Å². The van der Waals surface area contributed by atoms with Crippen LogP contribution in [-0.4, -0.2) is 45.2 Å². The average Bonchev–Trinajstić information content (AvgIpc) is 3.48. The third kappa shape index (κ3) is 5.15. The molecular weight excluding hydrogens is 544 g/mol. The molecule has 1 aliphatic heterocycles. The van der Waals surface area contributed by atoms with Gasteiger partial charge in [-0.15, -0.1) is 0 Å². The third-order valence-electron chi connectivity index (χ3n) is 8.13. The standard InChI is InChI=1S/C32H38O10/c1-10-15(3)31(34)41-26-18(6)17(5)25(33)19-12-22-28(40-14-39-22)29(38-9)23(19)24-20(26)13-21(36-7)27(37-8)30(24)42-32(35)16(4)11-2/h10-13,17-18,25-26,33H,14H2,1-9H3. The quantitative estimate of drug-likeness (QED) is 0.242. The fraction of sp³-hybridized carbons (Fsp3) is 0.438. The minimum absolute atomic E-state index is 0.00854. The zero-order valence-electron chi connectivity index (χ0n) is 25.4. The van der Waals surface area contributed by atoms with Gasteiger partial charge in [-0.05, 0) is 51.3 Å². The summed E-state index contributed by atoms with van der Waals surface area (Å²) in [7, 11) is 4.36. The first kappa shape index (κ1) is 30.8. The van der Waals surface area contributed by atoms with Crippen LogP contribution in [0.5, 0.6) is 34.5 Å². The largest absolute Gasteiger partial charge is 0.493 e. The van der Waals surface area contributed by atoms with Gasteiger partial charge in [0.25, 0.3) is 0 Å². The lowest BCUT2D eigenvalue weighted by atomic mass is 9.74. The zero-order chi connectivity index (χ0) is 30.9. The Bertz CT molecular complexity index is 1450. The number of hydrogen-bond donors (Lipinski definition) is 1. The molecule has 4 atom stereocenters. The van der Waals surface area contributed by atoms with Gasteiger partial charge in [0.2, 0.25) is 18.3 Å². The normalized spacial score (nSPS) is 21.4. The van der Waals surface area contributed by atoms with Crippen molar-refractivity contribution in [1.82, 2.24) is 0 Å². The van der Waals surface area contributed by atoms with Crippen LogP contribution in [0.4, 0.5) is 0 Å². The smallest absolute Gasteiger partial charge is 0.338 e. The van der Waals surface area contributed by atoms with Crippen molar-refractivity contribution in [2.45, 2.75) is 53.8 Å². The molecule has 42 heavy (non-hydrogen) atoms. The second kappa shape index (κ2) is 12.4. The van der Waals surface area contributed by atoms with Gasteiger partial charge in [-0.3, -0.25) is 0 Å². The van der Waals surface area contributed by atoms with Crippen LogP contribution >= 0.6 is 0 Å². The molecule has 226 valence electrons. The van der Waals surface area contributed by atoms with Gasteiger partial charge in [0.1, 0.15) is 6.10 Å². The van der Waals surface area contributed by atoms with E-state index in [4.69, 9.17) is 33.2 Å². The van der Waals surface area contributed by atoms with Gasteiger partial charge in [-0.1, -0.05) is 26.0 Å². The first-order valence-electron chi connectivity index (χ1n) is 13.7. The Balaban J connectivity index is 2.21. The van der Waals surface area contributed by atoms with E-state index in [2.05, 4.69) is 0 Å². The maximum absolute atomic E-state index is 13.3. The highest BCUT2D eigenvalue weighted by molar-refractivity contribution is 5.95. The van der Waals surface area contributed by atoms with E-state index in [9.17, 15) is 14.7 Å². The summed E-state index contributed by atoms with van der Waals surface area (Å²) in [5, 5.41) is 11.8. The molecular formula is C32H38O10. The SMILES string of the molecule is CC=C(C)C(=O)Oc1c(OC)c(OC)cc2c1-c1c(cc3c(c1OC)OCO3)C(O)C(C)C(C)C2OC(=O)C(C)=CC. The van der Waals surface area contributed by atoms with Crippen molar-refractivity contribution in [3.63, 3.8) is 0 Å². The van der Waals surface area contributed by atoms with Gasteiger partial charge in [0.15, 0.2) is 23.0 Å². The number of carbonyl (C=O) groups excluding carboxylic acids is 2. The lowest BCUT2D eigenvalue weighted by Gasteiger charge is -2.37. The molecule has 10 nitrogen and oxygen atoms in total. The minimum atomic E-state index is -1.07. The van der Waals surface area contributed by atoms with Crippen LogP contribution in [0.25, 0.3) is 11.1 Å². The minimum Gasteiger partial charge on any atom is -0.493 e. The number of esters is 2. The Morgan fingerprint density at radius 2 is 1.45 bits per heavy atom. The molecule has 2 aromatic carbocycles. The maximum Gasteiger partial charge on any atom is 0.338 e. The molecule has 2 aliphatic rings. The van der Waals surface area contributed by atoms with Crippen molar-refractivity contribution >= 4 is 11.9 Å². The van der Waals surface area contributed by atoms with E-state index in [0.717, 1.165) is 0 Å². The number of carbonyl (C=O) groups is 2. The molecule has 1 N–H and O–H groups in total. The maximum atomic E-state index is 13.3. The second-order valence-electron chi connectivity index (χ2n) is 10.3. The summed E-state index contributed by atoms with van der Waals surface area (Å²) in [5.41, 5.74) is 2.40. The van der Waals surface area contributed by atoms with Crippen molar-refractivity contribution in [2.75, 3.05) is 28.1 Å². The van der Waals surface area contributed by atoms with E-state index >= 15 is 0 Å². The highest BCUT2D eigenvalue weighted by Gasteiger charge is 2.43. The molecule has 10 heteroatoms. The van der Waals surface area contributed by atoms with Gasteiger partial charge in [-0.2, -0.15) is 0 Å². The van der Waals surface area contributed by atoms with E-state index < -0.39 is 36.0 Å². The fourth-order valence-corrected chi connectivity index (χ4v) is 5.19. The van der Waals surface area contributed by atoms with E-state index in [0.29, 0.717) is 44.9 Å². The van der Waals surface area contributed by atoms with E-state index in [1.165, 1.54) is 21.3 Å². The van der Waals surface area contributed by atoms with Crippen LogP contribution in [0, 0.1) is 11.8 Å². The number of methoxy groups -OCH3 is 3. The number of benzene rings is 2.